The first-order chi connectivity index (χ1) is 10.2. The van der Waals surface area contributed by atoms with Crippen LogP contribution in [0.1, 0.15) is 16.8 Å². The van der Waals surface area contributed by atoms with Crippen LogP contribution in [0.2, 0.25) is 0 Å². The maximum Gasteiger partial charge on any atom is 0.188 e. The number of amidine groups is 1. The first kappa shape index (κ1) is 14.8. The number of hydrogen-bond donors (Lipinski definition) is 3. The molecule has 110 valence electrons. The van der Waals surface area contributed by atoms with E-state index >= 15 is 0 Å². The SMILES string of the molecule is N/C(=N/O)c1cc(COc2ccc(CCO)cc2)ccn1. The second-order valence-electron chi connectivity index (χ2n) is 4.44. The van der Waals surface area contributed by atoms with Gasteiger partial charge in [-0.05, 0) is 41.8 Å². The molecule has 1 aromatic carbocycles. The number of pyridine rings is 1. The monoisotopic (exact) mass is 287 g/mol. The van der Waals surface area contributed by atoms with Gasteiger partial charge in [0.05, 0.1) is 0 Å². The van der Waals surface area contributed by atoms with Gasteiger partial charge in [0.1, 0.15) is 18.1 Å². The number of ether oxygens (including phenoxy) is 1. The zero-order valence-corrected chi connectivity index (χ0v) is 11.4. The van der Waals surface area contributed by atoms with E-state index in [1.807, 2.05) is 24.3 Å². The molecular formula is C15H17N3O3. The van der Waals surface area contributed by atoms with Crippen LogP contribution in [0.15, 0.2) is 47.8 Å². The first-order valence-electron chi connectivity index (χ1n) is 6.48. The molecule has 2 aromatic rings. The molecule has 0 amide bonds. The third kappa shape index (κ3) is 4.19. The molecule has 2 rings (SSSR count). The molecule has 6 heteroatoms. The standard InChI is InChI=1S/C15H17N3O3/c16-15(18-20)14-9-12(5-7-17-14)10-21-13-3-1-11(2-4-13)6-8-19/h1-5,7,9,19-20H,6,8,10H2,(H2,16,18). The molecule has 6 nitrogen and oxygen atoms in total. The van der Waals surface area contributed by atoms with Crippen molar-refractivity contribution in [3.8, 4) is 5.75 Å². The lowest BCUT2D eigenvalue weighted by molar-refractivity contribution is 0.298. The third-order valence-corrected chi connectivity index (χ3v) is 2.92. The van der Waals surface area contributed by atoms with Gasteiger partial charge in [0, 0.05) is 12.8 Å². The van der Waals surface area contributed by atoms with E-state index in [1.54, 1.807) is 18.3 Å². The van der Waals surface area contributed by atoms with Gasteiger partial charge in [-0.15, -0.1) is 0 Å². The summed E-state index contributed by atoms with van der Waals surface area (Å²) in [5.41, 5.74) is 7.82. The highest BCUT2D eigenvalue weighted by Gasteiger charge is 2.03. The van der Waals surface area contributed by atoms with E-state index in [2.05, 4.69) is 10.1 Å². The van der Waals surface area contributed by atoms with Crippen LogP contribution >= 0.6 is 0 Å². The van der Waals surface area contributed by atoms with E-state index in [1.165, 1.54) is 0 Å². The van der Waals surface area contributed by atoms with E-state index in [9.17, 15) is 0 Å². The summed E-state index contributed by atoms with van der Waals surface area (Å²) >= 11 is 0. The van der Waals surface area contributed by atoms with Crippen molar-refractivity contribution in [1.29, 1.82) is 0 Å². The lowest BCUT2D eigenvalue weighted by atomic mass is 10.1. The summed E-state index contributed by atoms with van der Waals surface area (Å²) in [6.07, 6.45) is 2.21. The summed E-state index contributed by atoms with van der Waals surface area (Å²) in [6.45, 7) is 0.488. The number of aliphatic hydroxyl groups excluding tert-OH is 1. The molecule has 1 aromatic heterocycles. The minimum Gasteiger partial charge on any atom is -0.489 e. The van der Waals surface area contributed by atoms with E-state index in [4.69, 9.17) is 20.8 Å². The molecule has 0 aliphatic rings. The van der Waals surface area contributed by atoms with Crippen LogP contribution < -0.4 is 10.5 Å². The summed E-state index contributed by atoms with van der Waals surface area (Å²) in [5.74, 6) is 0.698. The second kappa shape index (κ2) is 7.25. The van der Waals surface area contributed by atoms with Crippen LogP contribution in [0, 0.1) is 0 Å². The Morgan fingerprint density at radius 2 is 1.95 bits per heavy atom. The Kier molecular flexibility index (Phi) is 5.11. The fraction of sp³-hybridized carbons (Fsp3) is 0.200. The fourth-order valence-electron chi connectivity index (χ4n) is 1.80. The summed E-state index contributed by atoms with van der Waals surface area (Å²) in [6, 6.07) is 11.1. The van der Waals surface area contributed by atoms with Crippen molar-refractivity contribution in [3.63, 3.8) is 0 Å². The average Bonchev–Trinajstić information content (AvgIpc) is 2.54. The van der Waals surface area contributed by atoms with Crippen molar-refractivity contribution in [3.05, 3.63) is 59.4 Å². The Hall–Kier alpha value is -2.60. The summed E-state index contributed by atoms with van der Waals surface area (Å²) in [4.78, 5) is 4.00. The molecule has 0 unspecified atom stereocenters. The average molecular weight is 287 g/mol. The lowest BCUT2D eigenvalue weighted by Gasteiger charge is -2.08. The largest absolute Gasteiger partial charge is 0.489 e. The van der Waals surface area contributed by atoms with Crippen molar-refractivity contribution >= 4 is 5.84 Å². The van der Waals surface area contributed by atoms with Crippen molar-refractivity contribution in [2.75, 3.05) is 6.61 Å². The van der Waals surface area contributed by atoms with Gasteiger partial charge in [0.15, 0.2) is 5.84 Å². The minimum absolute atomic E-state index is 0.0368. The Bertz CT molecular complexity index is 612. The zero-order chi connectivity index (χ0) is 15.1. The number of nitrogens with two attached hydrogens (primary N) is 1. The molecule has 0 aliphatic carbocycles. The number of nitrogens with zero attached hydrogens (tertiary/aromatic N) is 2. The number of benzene rings is 1. The molecule has 0 radical (unpaired) electrons. The zero-order valence-electron chi connectivity index (χ0n) is 11.4. The molecule has 0 saturated heterocycles. The van der Waals surface area contributed by atoms with Crippen molar-refractivity contribution in [1.82, 2.24) is 4.98 Å². The van der Waals surface area contributed by atoms with Crippen LogP contribution in [-0.4, -0.2) is 27.7 Å². The molecule has 0 bridgehead atoms. The van der Waals surface area contributed by atoms with Gasteiger partial charge in [-0.25, -0.2) is 0 Å². The predicted octanol–water partition coefficient (Wildman–Crippen LogP) is 1.29. The van der Waals surface area contributed by atoms with Crippen LogP contribution in [-0.2, 0) is 13.0 Å². The highest BCUT2D eigenvalue weighted by molar-refractivity contribution is 5.95. The minimum atomic E-state index is -0.0368. The molecule has 4 N–H and O–H groups in total. The smallest absolute Gasteiger partial charge is 0.188 e. The van der Waals surface area contributed by atoms with E-state index in [0.717, 1.165) is 16.9 Å². The summed E-state index contributed by atoms with van der Waals surface area (Å²) < 4.78 is 5.66. The van der Waals surface area contributed by atoms with Crippen molar-refractivity contribution in [2.45, 2.75) is 13.0 Å². The van der Waals surface area contributed by atoms with Gasteiger partial charge >= 0.3 is 0 Å². The van der Waals surface area contributed by atoms with Crippen molar-refractivity contribution < 1.29 is 15.1 Å². The van der Waals surface area contributed by atoms with Gasteiger partial charge in [0.25, 0.3) is 0 Å². The fourth-order valence-corrected chi connectivity index (χ4v) is 1.80. The summed E-state index contributed by atoms with van der Waals surface area (Å²) in [7, 11) is 0. The van der Waals surface area contributed by atoms with E-state index in [-0.39, 0.29) is 12.4 Å². The number of aliphatic hydroxyl groups is 1. The normalized spacial score (nSPS) is 11.4. The number of hydrogen-bond acceptors (Lipinski definition) is 5. The quantitative estimate of drug-likeness (QED) is 0.322. The van der Waals surface area contributed by atoms with Gasteiger partial charge < -0.3 is 20.8 Å². The van der Waals surface area contributed by atoms with Crippen LogP contribution in [0.4, 0.5) is 0 Å². The molecule has 0 aliphatic heterocycles. The first-order valence-corrected chi connectivity index (χ1v) is 6.48. The molecule has 0 atom stereocenters. The van der Waals surface area contributed by atoms with Gasteiger partial charge in [-0.3, -0.25) is 4.98 Å². The van der Waals surface area contributed by atoms with Crippen LogP contribution in [0.3, 0.4) is 0 Å². The maximum atomic E-state index is 8.86. The van der Waals surface area contributed by atoms with Gasteiger partial charge in [-0.1, -0.05) is 17.3 Å². The molecule has 0 fully saturated rings. The molecular weight excluding hydrogens is 270 g/mol. The third-order valence-electron chi connectivity index (χ3n) is 2.92. The van der Waals surface area contributed by atoms with Crippen LogP contribution in [0.25, 0.3) is 0 Å². The molecule has 0 spiro atoms. The number of rotatable bonds is 6. The Balaban J connectivity index is 1.99. The highest BCUT2D eigenvalue weighted by atomic mass is 16.5. The molecule has 21 heavy (non-hydrogen) atoms. The number of oxime groups is 1. The van der Waals surface area contributed by atoms with Crippen molar-refractivity contribution in [2.24, 2.45) is 10.9 Å². The predicted molar refractivity (Wildman–Crippen MR) is 78.3 cm³/mol. The summed E-state index contributed by atoms with van der Waals surface area (Å²) in [5, 5.41) is 20.4. The topological polar surface area (TPSA) is 101 Å². The Morgan fingerprint density at radius 3 is 2.62 bits per heavy atom. The Morgan fingerprint density at radius 1 is 1.19 bits per heavy atom. The van der Waals surface area contributed by atoms with Gasteiger partial charge in [-0.2, -0.15) is 0 Å². The molecule has 0 saturated carbocycles. The van der Waals surface area contributed by atoms with Gasteiger partial charge in [0.2, 0.25) is 0 Å². The van der Waals surface area contributed by atoms with Crippen LogP contribution in [0.5, 0.6) is 5.75 Å². The van der Waals surface area contributed by atoms with E-state index < -0.39 is 0 Å². The lowest BCUT2D eigenvalue weighted by Crippen LogP contribution is -2.15. The second-order valence-corrected chi connectivity index (χ2v) is 4.44. The number of aromatic nitrogens is 1. The maximum absolute atomic E-state index is 8.86. The Labute approximate surface area is 122 Å². The van der Waals surface area contributed by atoms with E-state index in [0.29, 0.717) is 18.7 Å². The molecule has 1 heterocycles. The highest BCUT2D eigenvalue weighted by Crippen LogP contribution is 2.14.